The van der Waals surface area contributed by atoms with E-state index < -0.39 is 0 Å². The summed E-state index contributed by atoms with van der Waals surface area (Å²) in [4.78, 5) is 0. The maximum absolute atomic E-state index is 5.21. The summed E-state index contributed by atoms with van der Waals surface area (Å²) in [6.07, 6.45) is 3.50. The van der Waals surface area contributed by atoms with Crippen LogP contribution in [0.1, 0.15) is 5.56 Å². The van der Waals surface area contributed by atoms with Gasteiger partial charge in [0.25, 0.3) is 0 Å². The fraction of sp³-hybridized carbons (Fsp3) is 0. The van der Waals surface area contributed by atoms with Crippen LogP contribution in [0.4, 0.5) is 0 Å². The molecule has 0 spiro atoms. The van der Waals surface area contributed by atoms with E-state index in [1.54, 1.807) is 6.26 Å². The van der Waals surface area contributed by atoms with Gasteiger partial charge in [-0.15, -0.1) is 0 Å². The Labute approximate surface area is 64.9 Å². The number of benzene rings is 1. The molecule has 0 bridgehead atoms. The van der Waals surface area contributed by atoms with Crippen LogP contribution in [-0.2, 0) is 0 Å². The molecule has 0 N–H and O–H groups in total. The summed E-state index contributed by atoms with van der Waals surface area (Å²) >= 11 is 0. The van der Waals surface area contributed by atoms with Crippen LogP contribution in [0.3, 0.4) is 0 Å². The summed E-state index contributed by atoms with van der Waals surface area (Å²) in [5.41, 5.74) is 2.01. The zero-order valence-corrected chi connectivity index (χ0v) is 6.08. The molecule has 0 atom stereocenters. The third kappa shape index (κ3) is 0.944. The average molecular weight is 144 g/mol. The van der Waals surface area contributed by atoms with Gasteiger partial charge >= 0.3 is 0 Å². The normalized spacial score (nSPS) is 10.2. The van der Waals surface area contributed by atoms with Crippen molar-refractivity contribution in [2.75, 3.05) is 0 Å². The summed E-state index contributed by atoms with van der Waals surface area (Å²) in [5.74, 6) is 0. The maximum Gasteiger partial charge on any atom is 0.134 e. The molecule has 0 amide bonds. The number of hydrogen-bond acceptors (Lipinski definition) is 1. The van der Waals surface area contributed by atoms with Crippen molar-refractivity contribution in [3.63, 3.8) is 0 Å². The average Bonchev–Trinajstić information content (AvgIpc) is 2.50. The van der Waals surface area contributed by atoms with Gasteiger partial charge in [-0.3, -0.25) is 0 Å². The van der Waals surface area contributed by atoms with Crippen molar-refractivity contribution in [2.45, 2.75) is 0 Å². The molecule has 0 aliphatic heterocycles. The van der Waals surface area contributed by atoms with Crippen molar-refractivity contribution in [3.8, 4) is 0 Å². The van der Waals surface area contributed by atoms with Crippen LogP contribution in [0.25, 0.3) is 17.0 Å². The second-order valence-electron chi connectivity index (χ2n) is 2.42. The first kappa shape index (κ1) is 6.23. The quantitative estimate of drug-likeness (QED) is 0.599. The number of fused-ring (bicyclic) bond motifs is 1. The zero-order chi connectivity index (χ0) is 7.68. The lowest BCUT2D eigenvalue weighted by Crippen LogP contribution is -1.68. The molecule has 2 rings (SSSR count). The molecular formula is C10H8O. The number of rotatable bonds is 1. The van der Waals surface area contributed by atoms with Crippen LogP contribution in [0.5, 0.6) is 0 Å². The van der Waals surface area contributed by atoms with Crippen molar-refractivity contribution in [1.29, 1.82) is 0 Å². The summed E-state index contributed by atoms with van der Waals surface area (Å²) in [6.45, 7) is 3.68. The molecule has 2 aromatic rings. The topological polar surface area (TPSA) is 13.1 Å². The van der Waals surface area contributed by atoms with E-state index in [0.717, 1.165) is 16.5 Å². The standard InChI is InChI=1S/C10H8O/c1-2-8-3-4-9-5-6-11-10(9)7-8/h2-7H,1H2. The molecule has 1 aromatic heterocycles. The van der Waals surface area contributed by atoms with Gasteiger partial charge in [0.15, 0.2) is 0 Å². The van der Waals surface area contributed by atoms with Gasteiger partial charge in [-0.1, -0.05) is 24.8 Å². The van der Waals surface area contributed by atoms with E-state index >= 15 is 0 Å². The molecule has 0 saturated carbocycles. The third-order valence-electron chi connectivity index (χ3n) is 1.72. The van der Waals surface area contributed by atoms with Crippen LogP contribution < -0.4 is 0 Å². The van der Waals surface area contributed by atoms with Crippen molar-refractivity contribution in [2.24, 2.45) is 0 Å². The van der Waals surface area contributed by atoms with E-state index in [1.807, 2.05) is 30.3 Å². The number of furan rings is 1. The molecule has 11 heavy (non-hydrogen) atoms. The first-order valence-corrected chi connectivity index (χ1v) is 3.50. The minimum Gasteiger partial charge on any atom is -0.464 e. The van der Waals surface area contributed by atoms with Crippen molar-refractivity contribution >= 4 is 17.0 Å². The summed E-state index contributed by atoms with van der Waals surface area (Å²) in [6, 6.07) is 7.96. The van der Waals surface area contributed by atoms with Crippen molar-refractivity contribution < 1.29 is 4.42 Å². The van der Waals surface area contributed by atoms with Crippen molar-refractivity contribution in [3.05, 3.63) is 42.7 Å². The molecule has 0 radical (unpaired) electrons. The van der Waals surface area contributed by atoms with Gasteiger partial charge in [0, 0.05) is 5.39 Å². The molecule has 1 heteroatoms. The third-order valence-corrected chi connectivity index (χ3v) is 1.72. The minimum atomic E-state index is 0.919. The smallest absolute Gasteiger partial charge is 0.134 e. The molecular weight excluding hydrogens is 136 g/mol. The lowest BCUT2D eigenvalue weighted by Gasteiger charge is -1.90. The molecule has 0 unspecified atom stereocenters. The van der Waals surface area contributed by atoms with E-state index in [4.69, 9.17) is 4.42 Å². The first-order chi connectivity index (χ1) is 5.40. The predicted molar refractivity (Wildman–Crippen MR) is 46.3 cm³/mol. The lowest BCUT2D eigenvalue weighted by molar-refractivity contribution is 0.616. The Morgan fingerprint density at radius 3 is 3.00 bits per heavy atom. The Morgan fingerprint density at radius 2 is 2.18 bits per heavy atom. The summed E-state index contributed by atoms with van der Waals surface area (Å²) < 4.78 is 5.21. The lowest BCUT2D eigenvalue weighted by atomic mass is 10.2. The Kier molecular flexibility index (Phi) is 1.29. The van der Waals surface area contributed by atoms with E-state index in [2.05, 4.69) is 6.58 Å². The van der Waals surface area contributed by atoms with Crippen molar-refractivity contribution in [1.82, 2.24) is 0 Å². The molecule has 0 fully saturated rings. The predicted octanol–water partition coefficient (Wildman–Crippen LogP) is 3.08. The van der Waals surface area contributed by atoms with Crippen LogP contribution in [0, 0.1) is 0 Å². The summed E-state index contributed by atoms with van der Waals surface area (Å²) in [7, 11) is 0. The van der Waals surface area contributed by atoms with Gasteiger partial charge in [-0.2, -0.15) is 0 Å². The van der Waals surface area contributed by atoms with E-state index in [-0.39, 0.29) is 0 Å². The zero-order valence-electron chi connectivity index (χ0n) is 6.08. The molecule has 1 aromatic carbocycles. The van der Waals surface area contributed by atoms with Gasteiger partial charge in [0.1, 0.15) is 5.58 Å². The number of hydrogen-bond donors (Lipinski definition) is 0. The van der Waals surface area contributed by atoms with Crippen LogP contribution in [0.15, 0.2) is 41.5 Å². The van der Waals surface area contributed by atoms with Crippen LogP contribution >= 0.6 is 0 Å². The Morgan fingerprint density at radius 1 is 1.27 bits per heavy atom. The van der Waals surface area contributed by atoms with Gasteiger partial charge in [0.2, 0.25) is 0 Å². The largest absolute Gasteiger partial charge is 0.464 e. The van der Waals surface area contributed by atoms with E-state index in [0.29, 0.717) is 0 Å². The highest BCUT2D eigenvalue weighted by atomic mass is 16.3. The highest BCUT2D eigenvalue weighted by molar-refractivity contribution is 5.79. The van der Waals surface area contributed by atoms with Gasteiger partial charge in [-0.25, -0.2) is 0 Å². The minimum absolute atomic E-state index is 0.919. The van der Waals surface area contributed by atoms with Gasteiger partial charge in [-0.05, 0) is 17.7 Å². The Bertz CT molecular complexity index is 384. The van der Waals surface area contributed by atoms with Crippen LogP contribution in [-0.4, -0.2) is 0 Å². The fourth-order valence-electron chi connectivity index (χ4n) is 1.10. The van der Waals surface area contributed by atoms with E-state index in [1.165, 1.54) is 0 Å². The van der Waals surface area contributed by atoms with Gasteiger partial charge < -0.3 is 4.42 Å². The van der Waals surface area contributed by atoms with E-state index in [9.17, 15) is 0 Å². The second-order valence-corrected chi connectivity index (χ2v) is 2.42. The highest BCUT2D eigenvalue weighted by Crippen LogP contribution is 2.17. The monoisotopic (exact) mass is 144 g/mol. The maximum atomic E-state index is 5.21. The van der Waals surface area contributed by atoms with Gasteiger partial charge in [0.05, 0.1) is 6.26 Å². The highest BCUT2D eigenvalue weighted by Gasteiger charge is 1.94. The first-order valence-electron chi connectivity index (χ1n) is 3.50. The molecule has 54 valence electrons. The second kappa shape index (κ2) is 2.27. The Balaban J connectivity index is 2.76. The molecule has 1 heterocycles. The van der Waals surface area contributed by atoms with Crippen LogP contribution in [0.2, 0.25) is 0 Å². The fourth-order valence-corrected chi connectivity index (χ4v) is 1.10. The SMILES string of the molecule is C=Cc1ccc2ccoc2c1. The summed E-state index contributed by atoms with van der Waals surface area (Å²) in [5, 5.41) is 1.13. The molecule has 0 saturated heterocycles. The molecule has 0 aliphatic carbocycles. The Hall–Kier alpha value is -1.50. The molecule has 1 nitrogen and oxygen atoms in total. The molecule has 0 aliphatic rings.